The van der Waals surface area contributed by atoms with Crippen molar-refractivity contribution in [1.29, 1.82) is 0 Å². The first-order valence-corrected chi connectivity index (χ1v) is 6.95. The van der Waals surface area contributed by atoms with Crippen molar-refractivity contribution < 1.29 is 19.6 Å². The number of hydrogen-bond donors (Lipinski definition) is 2. The maximum atomic E-state index is 11.6. The molecule has 2 aromatic carbocycles. The number of carbonyl (C=O) groups is 1. The molecule has 0 heterocycles. The van der Waals surface area contributed by atoms with Gasteiger partial charge in [0.2, 0.25) is 0 Å². The van der Waals surface area contributed by atoms with Crippen molar-refractivity contribution in [2.24, 2.45) is 5.10 Å². The highest BCUT2D eigenvalue weighted by atomic mass is 16.6. The van der Waals surface area contributed by atoms with Gasteiger partial charge in [-0.3, -0.25) is 14.9 Å². The van der Waals surface area contributed by atoms with Gasteiger partial charge in [-0.1, -0.05) is 18.2 Å². The molecule has 0 aliphatic heterocycles. The average molecular weight is 329 g/mol. The van der Waals surface area contributed by atoms with E-state index in [4.69, 9.17) is 4.74 Å². The fourth-order valence-corrected chi connectivity index (χ4v) is 1.85. The predicted octanol–water partition coefficient (Wildman–Crippen LogP) is 2.14. The Morgan fingerprint density at radius 2 is 2.12 bits per heavy atom. The van der Waals surface area contributed by atoms with E-state index in [2.05, 4.69) is 10.5 Å². The Morgan fingerprint density at radius 3 is 2.79 bits per heavy atom. The van der Waals surface area contributed by atoms with E-state index in [1.807, 2.05) is 19.1 Å². The van der Waals surface area contributed by atoms with Crippen molar-refractivity contribution in [3.05, 3.63) is 63.7 Å². The van der Waals surface area contributed by atoms with Crippen LogP contribution in [0.25, 0.3) is 0 Å². The lowest BCUT2D eigenvalue weighted by atomic mass is 10.2. The molecular weight excluding hydrogens is 314 g/mol. The minimum absolute atomic E-state index is 0.201. The van der Waals surface area contributed by atoms with E-state index in [1.54, 1.807) is 12.1 Å². The molecule has 0 fully saturated rings. The predicted molar refractivity (Wildman–Crippen MR) is 87.2 cm³/mol. The highest BCUT2D eigenvalue weighted by Gasteiger charge is 2.12. The van der Waals surface area contributed by atoms with Crippen LogP contribution in [0.15, 0.2) is 47.6 Å². The summed E-state index contributed by atoms with van der Waals surface area (Å²) in [5.41, 5.74) is 3.18. The van der Waals surface area contributed by atoms with Gasteiger partial charge in [-0.15, -0.1) is 0 Å². The number of aromatic hydroxyl groups is 1. The topological polar surface area (TPSA) is 114 Å². The first-order valence-electron chi connectivity index (χ1n) is 6.95. The summed E-state index contributed by atoms with van der Waals surface area (Å²) in [6.07, 6.45) is 1.26. The second-order valence-electron chi connectivity index (χ2n) is 4.85. The van der Waals surface area contributed by atoms with E-state index in [0.717, 1.165) is 11.6 Å². The van der Waals surface area contributed by atoms with Crippen LogP contribution >= 0.6 is 0 Å². The molecule has 0 atom stereocenters. The van der Waals surface area contributed by atoms with Crippen molar-refractivity contribution in [2.75, 3.05) is 6.61 Å². The molecule has 0 saturated carbocycles. The lowest BCUT2D eigenvalue weighted by Crippen LogP contribution is -2.24. The van der Waals surface area contributed by atoms with Gasteiger partial charge < -0.3 is 9.84 Å². The van der Waals surface area contributed by atoms with Gasteiger partial charge in [0.25, 0.3) is 5.91 Å². The summed E-state index contributed by atoms with van der Waals surface area (Å²) in [5.74, 6) is -0.323. The molecule has 0 spiro atoms. The minimum atomic E-state index is -0.694. The van der Waals surface area contributed by atoms with Gasteiger partial charge in [-0.25, -0.2) is 5.43 Å². The lowest BCUT2D eigenvalue weighted by molar-refractivity contribution is -0.385. The fraction of sp³-hybridized carbons (Fsp3) is 0.125. The zero-order chi connectivity index (χ0) is 17.5. The van der Waals surface area contributed by atoms with Crippen LogP contribution in [0.5, 0.6) is 11.5 Å². The highest BCUT2D eigenvalue weighted by Crippen LogP contribution is 2.25. The summed E-state index contributed by atoms with van der Waals surface area (Å²) in [6.45, 7) is 1.67. The van der Waals surface area contributed by atoms with Crippen LogP contribution in [0, 0.1) is 17.0 Å². The van der Waals surface area contributed by atoms with Crippen molar-refractivity contribution in [2.45, 2.75) is 6.92 Å². The molecule has 24 heavy (non-hydrogen) atoms. The molecule has 1 amide bonds. The molecular formula is C16H15N3O5. The third-order valence-corrected chi connectivity index (χ3v) is 3.05. The average Bonchev–Trinajstić information content (AvgIpc) is 2.54. The normalized spacial score (nSPS) is 10.5. The van der Waals surface area contributed by atoms with E-state index in [1.165, 1.54) is 18.3 Å². The van der Waals surface area contributed by atoms with E-state index >= 15 is 0 Å². The molecule has 2 aromatic rings. The first-order chi connectivity index (χ1) is 11.5. The molecule has 8 heteroatoms. The number of phenols is 1. The number of carbonyl (C=O) groups excluding carboxylic acids is 1. The second kappa shape index (κ2) is 7.73. The van der Waals surface area contributed by atoms with Crippen LogP contribution in [-0.4, -0.2) is 28.8 Å². The fourth-order valence-electron chi connectivity index (χ4n) is 1.85. The minimum Gasteiger partial charge on any atom is -0.502 e. The number of amides is 1. The number of nitro groups is 1. The van der Waals surface area contributed by atoms with Gasteiger partial charge in [-0.2, -0.15) is 5.10 Å². The molecule has 0 aliphatic rings. The van der Waals surface area contributed by atoms with Crippen molar-refractivity contribution in [3.63, 3.8) is 0 Å². The maximum Gasteiger partial charge on any atom is 0.310 e. The quantitative estimate of drug-likeness (QED) is 0.479. The molecule has 0 unspecified atom stereocenters. The van der Waals surface area contributed by atoms with Crippen molar-refractivity contribution in [3.8, 4) is 11.5 Å². The molecule has 8 nitrogen and oxygen atoms in total. The Kier molecular flexibility index (Phi) is 5.45. The number of benzene rings is 2. The third kappa shape index (κ3) is 4.54. The SMILES string of the molecule is Cc1ccccc1OCC(=O)N/N=C/c1ccc([N+](=O)[O-])c(O)c1. The van der Waals surface area contributed by atoms with Gasteiger partial charge in [0.1, 0.15) is 5.75 Å². The van der Waals surface area contributed by atoms with Crippen LogP contribution in [0.3, 0.4) is 0 Å². The summed E-state index contributed by atoms with van der Waals surface area (Å²) in [7, 11) is 0. The van der Waals surface area contributed by atoms with Crippen molar-refractivity contribution >= 4 is 17.8 Å². The Morgan fingerprint density at radius 1 is 1.38 bits per heavy atom. The van der Waals surface area contributed by atoms with Crippen LogP contribution in [0.2, 0.25) is 0 Å². The Balaban J connectivity index is 1.87. The Labute approximate surface area is 137 Å². The van der Waals surface area contributed by atoms with Gasteiger partial charge >= 0.3 is 5.69 Å². The Hall–Kier alpha value is -3.42. The number of nitrogens with zero attached hydrogens (tertiary/aromatic N) is 2. The van der Waals surface area contributed by atoms with Crippen LogP contribution in [0.4, 0.5) is 5.69 Å². The maximum absolute atomic E-state index is 11.6. The first kappa shape index (κ1) is 16.9. The van der Waals surface area contributed by atoms with E-state index in [-0.39, 0.29) is 6.61 Å². The van der Waals surface area contributed by atoms with E-state index in [0.29, 0.717) is 11.3 Å². The van der Waals surface area contributed by atoms with Gasteiger partial charge in [0.15, 0.2) is 12.4 Å². The summed E-state index contributed by atoms with van der Waals surface area (Å²) >= 11 is 0. The number of phenolic OH excluding ortho intramolecular Hbond substituents is 1. The molecule has 0 bridgehead atoms. The highest BCUT2D eigenvalue weighted by molar-refractivity contribution is 5.83. The van der Waals surface area contributed by atoms with Gasteiger partial charge in [0, 0.05) is 6.07 Å². The summed E-state index contributed by atoms with van der Waals surface area (Å²) in [5, 5.41) is 23.8. The summed E-state index contributed by atoms with van der Waals surface area (Å²) < 4.78 is 5.36. The Bertz CT molecular complexity index is 789. The van der Waals surface area contributed by atoms with E-state index < -0.39 is 22.3 Å². The molecule has 124 valence electrons. The second-order valence-corrected chi connectivity index (χ2v) is 4.85. The van der Waals surface area contributed by atoms with E-state index in [9.17, 15) is 20.0 Å². The molecule has 2 rings (SSSR count). The number of rotatable bonds is 6. The molecule has 0 radical (unpaired) electrons. The third-order valence-electron chi connectivity index (χ3n) is 3.05. The monoisotopic (exact) mass is 329 g/mol. The van der Waals surface area contributed by atoms with Crippen LogP contribution < -0.4 is 10.2 Å². The number of ether oxygens (including phenoxy) is 1. The molecule has 0 aromatic heterocycles. The number of para-hydroxylation sites is 1. The molecule has 0 saturated heterocycles. The van der Waals surface area contributed by atoms with Gasteiger partial charge in [0.05, 0.1) is 11.1 Å². The van der Waals surface area contributed by atoms with Crippen LogP contribution in [-0.2, 0) is 4.79 Å². The summed E-state index contributed by atoms with van der Waals surface area (Å²) in [6, 6.07) is 11.0. The summed E-state index contributed by atoms with van der Waals surface area (Å²) in [4.78, 5) is 21.5. The van der Waals surface area contributed by atoms with Gasteiger partial charge in [-0.05, 0) is 36.2 Å². The number of nitro benzene ring substituents is 1. The number of aryl methyl sites for hydroxylation is 1. The van der Waals surface area contributed by atoms with Crippen molar-refractivity contribution in [1.82, 2.24) is 5.43 Å². The molecule has 2 N–H and O–H groups in total. The standard InChI is InChI=1S/C16H15N3O5/c1-11-4-2-3-5-15(11)24-10-16(21)18-17-9-12-6-7-13(19(22)23)14(20)8-12/h2-9,20H,10H2,1H3,(H,18,21)/b17-9+. The molecule has 0 aliphatic carbocycles. The number of hydrazone groups is 1. The number of hydrogen-bond acceptors (Lipinski definition) is 6. The zero-order valence-electron chi connectivity index (χ0n) is 12.8. The zero-order valence-corrected chi connectivity index (χ0v) is 12.8. The number of nitrogens with one attached hydrogen (secondary N) is 1. The van der Waals surface area contributed by atoms with Crippen LogP contribution in [0.1, 0.15) is 11.1 Å². The smallest absolute Gasteiger partial charge is 0.310 e. The largest absolute Gasteiger partial charge is 0.502 e. The lowest BCUT2D eigenvalue weighted by Gasteiger charge is -2.07.